The van der Waals surface area contributed by atoms with Crippen molar-refractivity contribution in [2.45, 2.75) is 60.1 Å². The van der Waals surface area contributed by atoms with E-state index in [4.69, 9.17) is 9.84 Å². The Morgan fingerprint density at radius 1 is 1.31 bits per heavy atom. The minimum absolute atomic E-state index is 0.00449. The van der Waals surface area contributed by atoms with Crippen LogP contribution in [0.15, 0.2) is 24.3 Å². The zero-order chi connectivity index (χ0) is 25.4. The number of thioether (sulfide) groups is 1. The second-order valence-electron chi connectivity index (χ2n) is 9.51. The predicted octanol–water partition coefficient (Wildman–Crippen LogP) is 1.70. The van der Waals surface area contributed by atoms with E-state index in [1.54, 1.807) is 28.3 Å². The summed E-state index contributed by atoms with van der Waals surface area (Å²) in [5, 5.41) is 20.3. The Labute approximate surface area is 221 Å². The molecule has 12 heteroatoms. The number of nitrogens with one attached hydrogen (secondary N) is 1. The van der Waals surface area contributed by atoms with Gasteiger partial charge in [-0.15, -0.1) is 16.9 Å². The summed E-state index contributed by atoms with van der Waals surface area (Å²) < 4.78 is 6.28. The first-order valence-corrected chi connectivity index (χ1v) is 14.2. The molecular formula is C24H30BrN5O5S. The van der Waals surface area contributed by atoms with Gasteiger partial charge in [-0.3, -0.25) is 14.4 Å². The van der Waals surface area contributed by atoms with Gasteiger partial charge in [-0.1, -0.05) is 33.3 Å². The van der Waals surface area contributed by atoms with Crippen molar-refractivity contribution in [3.63, 3.8) is 0 Å². The van der Waals surface area contributed by atoms with Gasteiger partial charge in [0.15, 0.2) is 0 Å². The highest BCUT2D eigenvalue weighted by molar-refractivity contribution is 9.09. The molecule has 3 fully saturated rings. The van der Waals surface area contributed by atoms with E-state index >= 15 is 0 Å². The fraction of sp³-hybridized carbons (Fsp3) is 0.625. The van der Waals surface area contributed by atoms with E-state index in [0.29, 0.717) is 25.8 Å². The number of aromatic nitrogens is 3. The first-order valence-electron chi connectivity index (χ1n) is 12.4. The molecule has 3 unspecified atom stereocenters. The largest absolute Gasteiger partial charge is 0.466 e. The van der Waals surface area contributed by atoms with Crippen LogP contribution in [0.3, 0.4) is 0 Å². The summed E-state index contributed by atoms with van der Waals surface area (Å²) >= 11 is 5.32. The van der Waals surface area contributed by atoms with Crippen molar-refractivity contribution in [3.8, 4) is 0 Å². The third-order valence-electron chi connectivity index (χ3n) is 7.48. The molecule has 3 aliphatic heterocycles. The lowest BCUT2D eigenvalue weighted by atomic mass is 9.71. The number of hydrogen-bond acceptors (Lipinski definition) is 8. The molecule has 6 atom stereocenters. The summed E-state index contributed by atoms with van der Waals surface area (Å²) in [5.74, 6) is -1.96. The summed E-state index contributed by atoms with van der Waals surface area (Å²) in [7, 11) is 0. The molecule has 3 aliphatic rings. The number of likely N-dealkylation sites (tertiary alicyclic amines) is 1. The highest BCUT2D eigenvalue weighted by Gasteiger charge is 2.75. The number of ether oxygens (including phenoxy) is 1. The number of carbonyl (C=O) groups excluding carboxylic acids is 3. The van der Waals surface area contributed by atoms with Gasteiger partial charge in [-0.25, -0.2) is 4.68 Å². The van der Waals surface area contributed by atoms with E-state index < -0.39 is 22.6 Å². The van der Waals surface area contributed by atoms with Crippen LogP contribution in [0.1, 0.15) is 32.6 Å². The lowest BCUT2D eigenvalue weighted by molar-refractivity contribution is -0.153. The van der Waals surface area contributed by atoms with Gasteiger partial charge in [-0.05, 0) is 44.7 Å². The number of esters is 1. The lowest BCUT2D eigenvalue weighted by Crippen LogP contribution is -2.54. The number of rotatable bonds is 10. The van der Waals surface area contributed by atoms with Gasteiger partial charge in [-0.2, -0.15) is 0 Å². The Kier molecular flexibility index (Phi) is 7.28. The third-order valence-corrected chi connectivity index (χ3v) is 10.7. The van der Waals surface area contributed by atoms with Gasteiger partial charge in [0.25, 0.3) is 0 Å². The van der Waals surface area contributed by atoms with Gasteiger partial charge in [0.2, 0.25) is 11.8 Å². The van der Waals surface area contributed by atoms with Crippen molar-refractivity contribution in [2.75, 3.05) is 19.8 Å². The number of hydrogen-bond donors (Lipinski definition) is 2. The highest BCUT2D eigenvalue weighted by atomic mass is 79.9. The van der Waals surface area contributed by atoms with Crippen LogP contribution in [0.5, 0.6) is 0 Å². The summed E-state index contributed by atoms with van der Waals surface area (Å²) in [5.41, 5.74) is 1.53. The number of alkyl halides is 1. The van der Waals surface area contributed by atoms with Crippen LogP contribution in [-0.4, -0.2) is 83.4 Å². The molecule has 2 aromatic rings. The molecule has 0 saturated carbocycles. The minimum atomic E-state index is -0.714. The molecule has 36 heavy (non-hydrogen) atoms. The van der Waals surface area contributed by atoms with Gasteiger partial charge in [0, 0.05) is 23.2 Å². The quantitative estimate of drug-likeness (QED) is 0.247. The summed E-state index contributed by atoms with van der Waals surface area (Å²) in [6, 6.07) is 6.79. The van der Waals surface area contributed by atoms with Gasteiger partial charge < -0.3 is 20.1 Å². The molecule has 2 amide bonds. The van der Waals surface area contributed by atoms with Crippen LogP contribution in [0.25, 0.3) is 11.0 Å². The molecule has 2 N–H and O–H groups in total. The Morgan fingerprint density at radius 3 is 2.89 bits per heavy atom. The molecule has 5 rings (SSSR count). The second kappa shape index (κ2) is 10.3. The monoisotopic (exact) mass is 579 g/mol. The van der Waals surface area contributed by atoms with E-state index in [9.17, 15) is 14.4 Å². The zero-order valence-corrected chi connectivity index (χ0v) is 22.4. The Morgan fingerprint density at radius 2 is 2.11 bits per heavy atom. The normalized spacial score (nSPS) is 30.7. The molecule has 0 radical (unpaired) electrons. The summed E-state index contributed by atoms with van der Waals surface area (Å²) in [6.45, 7) is 2.61. The maximum absolute atomic E-state index is 13.8. The molecule has 3 saturated heterocycles. The Hall–Kier alpha value is -2.18. The van der Waals surface area contributed by atoms with Crippen LogP contribution < -0.4 is 5.32 Å². The number of aliphatic hydroxyl groups is 1. The number of benzene rings is 1. The fourth-order valence-electron chi connectivity index (χ4n) is 6.03. The number of aliphatic hydroxyl groups excluding tert-OH is 1. The minimum Gasteiger partial charge on any atom is -0.466 e. The molecule has 4 heterocycles. The number of amides is 2. The van der Waals surface area contributed by atoms with Crippen LogP contribution >= 0.6 is 27.7 Å². The lowest BCUT2D eigenvalue weighted by Gasteiger charge is -2.35. The van der Waals surface area contributed by atoms with Crippen molar-refractivity contribution in [1.29, 1.82) is 0 Å². The summed E-state index contributed by atoms with van der Waals surface area (Å²) in [4.78, 5) is 42.3. The number of halogens is 1. The zero-order valence-electron chi connectivity index (χ0n) is 20.0. The van der Waals surface area contributed by atoms with Crippen molar-refractivity contribution in [1.82, 2.24) is 25.2 Å². The van der Waals surface area contributed by atoms with Crippen LogP contribution in [-0.2, 0) is 25.8 Å². The van der Waals surface area contributed by atoms with E-state index in [0.717, 1.165) is 17.5 Å². The molecule has 10 nitrogen and oxygen atoms in total. The fourth-order valence-corrected chi connectivity index (χ4v) is 9.63. The number of carbonyl (C=O) groups is 3. The Balaban J connectivity index is 1.43. The number of unbranched alkanes of at least 4 members (excludes halogenated alkanes) is 2. The first kappa shape index (κ1) is 25.5. The van der Waals surface area contributed by atoms with Gasteiger partial charge in [0.05, 0.1) is 28.7 Å². The smallest absolute Gasteiger partial charge is 0.310 e. The number of nitrogens with zero attached hydrogens (tertiary/aromatic N) is 4. The van der Waals surface area contributed by atoms with Crippen molar-refractivity contribution in [2.24, 2.45) is 11.8 Å². The van der Waals surface area contributed by atoms with Crippen LogP contribution in [0.2, 0.25) is 0 Å². The summed E-state index contributed by atoms with van der Waals surface area (Å²) in [6.07, 6.45) is 2.67. The van der Waals surface area contributed by atoms with E-state index in [-0.39, 0.29) is 47.7 Å². The van der Waals surface area contributed by atoms with Crippen LogP contribution in [0, 0.1) is 11.8 Å². The molecular weight excluding hydrogens is 550 g/mol. The number of fused-ring (bicyclic) bond motifs is 2. The highest BCUT2D eigenvalue weighted by Crippen LogP contribution is 2.67. The maximum Gasteiger partial charge on any atom is 0.310 e. The third kappa shape index (κ3) is 4.10. The van der Waals surface area contributed by atoms with Crippen molar-refractivity contribution < 1.29 is 24.2 Å². The first-order chi connectivity index (χ1) is 17.4. The van der Waals surface area contributed by atoms with Crippen molar-refractivity contribution >= 4 is 56.5 Å². The van der Waals surface area contributed by atoms with E-state index in [2.05, 4.69) is 31.6 Å². The van der Waals surface area contributed by atoms with Crippen LogP contribution in [0.4, 0.5) is 0 Å². The van der Waals surface area contributed by atoms with Crippen molar-refractivity contribution in [3.05, 3.63) is 24.3 Å². The molecule has 2 bridgehead atoms. The van der Waals surface area contributed by atoms with Gasteiger partial charge in [0.1, 0.15) is 18.2 Å². The molecule has 194 valence electrons. The number of para-hydroxylation sites is 1. The SMILES string of the molecule is CCOC(=O)[C@H]1[C@H]2C(=O)N(CCCCCO)C(C(=O)NCn3nnc4ccccc43)C23CC(Br)[C@@H]1S3. The predicted molar refractivity (Wildman–Crippen MR) is 137 cm³/mol. The van der Waals surface area contributed by atoms with E-state index in [1.807, 2.05) is 24.3 Å². The molecule has 1 aromatic carbocycles. The average Bonchev–Trinajstić information content (AvgIpc) is 3.58. The standard InChI is InChI=1S/C24H30BrN5O5S/c1-2-35-23(34)17-18-22(33)29(10-6-3-7-11-31)20(24(18)12-14(25)19(17)36-24)21(32)26-13-30-16-9-5-4-8-15(16)27-28-30/h4-5,8-9,14,17-20,31H,2-3,6-7,10-13H2,1H3,(H,26,32)/t14?,17-,18-,19-,20?,24?/m0/s1. The molecule has 1 aromatic heterocycles. The Bertz CT molecular complexity index is 1160. The molecule has 0 aliphatic carbocycles. The van der Waals surface area contributed by atoms with Gasteiger partial charge >= 0.3 is 5.97 Å². The molecule has 1 spiro atoms. The second-order valence-corrected chi connectivity index (χ2v) is 12.2. The topological polar surface area (TPSA) is 127 Å². The maximum atomic E-state index is 13.8. The average molecular weight is 581 g/mol. The van der Waals surface area contributed by atoms with E-state index in [1.165, 1.54) is 0 Å².